The van der Waals surface area contributed by atoms with E-state index in [9.17, 15) is 4.79 Å². The van der Waals surface area contributed by atoms with E-state index < -0.39 is 0 Å². The number of hydrogen-bond donors (Lipinski definition) is 1. The average molecular weight is 337 g/mol. The van der Waals surface area contributed by atoms with E-state index in [2.05, 4.69) is 9.97 Å². The minimum atomic E-state index is -0.383. The molecule has 1 aromatic carbocycles. The number of fused-ring (bicyclic) bond motifs is 1. The van der Waals surface area contributed by atoms with Crippen molar-refractivity contribution < 1.29 is 4.84 Å². The van der Waals surface area contributed by atoms with Crippen LogP contribution in [0.5, 0.6) is 0 Å². The summed E-state index contributed by atoms with van der Waals surface area (Å²) in [6.45, 7) is 0. The first-order valence-electron chi connectivity index (χ1n) is 6.19. The van der Waals surface area contributed by atoms with Crippen molar-refractivity contribution in [3.05, 3.63) is 50.9 Å². The van der Waals surface area contributed by atoms with Crippen molar-refractivity contribution in [2.24, 2.45) is 0 Å². The first-order valence-corrected chi connectivity index (χ1v) is 6.95. The number of hydrogen-bond acceptors (Lipinski definition) is 5. The van der Waals surface area contributed by atoms with Crippen LogP contribution in [0.25, 0.3) is 22.2 Å². The zero-order valence-electron chi connectivity index (χ0n) is 11.4. The number of nitrogens with two attached hydrogens (primary N) is 1. The number of nitrogens with zero attached hydrogens (tertiary/aromatic N) is 3. The topological polar surface area (TPSA) is 83.0 Å². The molecule has 2 N–H and O–H groups in total. The second kappa shape index (κ2) is 5.47. The van der Waals surface area contributed by atoms with Gasteiger partial charge in [-0.3, -0.25) is 4.79 Å². The molecule has 6 nitrogen and oxygen atoms in total. The Morgan fingerprint density at radius 2 is 2.00 bits per heavy atom. The van der Waals surface area contributed by atoms with Gasteiger partial charge in [-0.15, -0.1) is 4.73 Å². The number of pyridine rings is 1. The van der Waals surface area contributed by atoms with Crippen LogP contribution in [0.1, 0.15) is 0 Å². The maximum Gasteiger partial charge on any atom is 0.292 e. The highest BCUT2D eigenvalue weighted by Crippen LogP contribution is 2.28. The van der Waals surface area contributed by atoms with E-state index in [1.807, 2.05) is 0 Å². The quantitative estimate of drug-likeness (QED) is 0.776. The molecule has 8 heteroatoms. The molecule has 0 aliphatic carbocycles. The molecule has 0 aliphatic rings. The Morgan fingerprint density at radius 3 is 2.68 bits per heavy atom. The van der Waals surface area contributed by atoms with Crippen LogP contribution in [0.3, 0.4) is 0 Å². The second-order valence-electron chi connectivity index (χ2n) is 4.48. The van der Waals surface area contributed by atoms with Crippen LogP contribution in [0, 0.1) is 0 Å². The average Bonchev–Trinajstić information content (AvgIpc) is 2.50. The molecule has 3 rings (SSSR count). The van der Waals surface area contributed by atoms with E-state index in [1.165, 1.54) is 13.3 Å². The van der Waals surface area contributed by atoms with Crippen molar-refractivity contribution in [1.82, 2.24) is 14.7 Å². The molecule has 0 aliphatic heterocycles. The van der Waals surface area contributed by atoms with Gasteiger partial charge in [0.1, 0.15) is 7.11 Å². The molecule has 0 bridgehead atoms. The maximum absolute atomic E-state index is 12.6. The molecule has 112 valence electrons. The third-order valence-electron chi connectivity index (χ3n) is 3.13. The van der Waals surface area contributed by atoms with Gasteiger partial charge in [-0.1, -0.05) is 29.3 Å². The number of benzene rings is 1. The normalized spacial score (nSPS) is 10.9. The van der Waals surface area contributed by atoms with E-state index in [0.29, 0.717) is 32.2 Å². The Hall–Kier alpha value is -2.31. The zero-order valence-corrected chi connectivity index (χ0v) is 12.9. The van der Waals surface area contributed by atoms with Crippen molar-refractivity contribution in [2.45, 2.75) is 0 Å². The predicted molar refractivity (Wildman–Crippen MR) is 86.2 cm³/mol. The highest BCUT2D eigenvalue weighted by atomic mass is 35.5. The van der Waals surface area contributed by atoms with Gasteiger partial charge in [0.2, 0.25) is 5.95 Å². The van der Waals surface area contributed by atoms with Crippen LogP contribution in [-0.4, -0.2) is 21.8 Å². The molecule has 22 heavy (non-hydrogen) atoms. The lowest BCUT2D eigenvalue weighted by Crippen LogP contribution is -2.27. The van der Waals surface area contributed by atoms with E-state index in [-0.39, 0.29) is 11.5 Å². The largest absolute Gasteiger partial charge is 0.412 e. The monoisotopic (exact) mass is 336 g/mol. The number of anilines is 1. The predicted octanol–water partition coefficient (Wildman–Crippen LogP) is 2.41. The van der Waals surface area contributed by atoms with Gasteiger partial charge in [-0.2, -0.15) is 4.98 Å². The smallest absolute Gasteiger partial charge is 0.292 e. The van der Waals surface area contributed by atoms with Gasteiger partial charge in [0, 0.05) is 11.6 Å². The van der Waals surface area contributed by atoms with E-state index in [4.69, 9.17) is 33.8 Å². The van der Waals surface area contributed by atoms with Crippen molar-refractivity contribution in [1.29, 1.82) is 0 Å². The molecular formula is C14H10Cl2N4O2. The Labute approximate surface area is 135 Å². The lowest BCUT2D eigenvalue weighted by molar-refractivity contribution is 0.168. The summed E-state index contributed by atoms with van der Waals surface area (Å²) >= 11 is 11.9. The first kappa shape index (κ1) is 14.6. The Balaban J connectivity index is 2.35. The fraction of sp³-hybridized carbons (Fsp3) is 0.0714. The van der Waals surface area contributed by atoms with Gasteiger partial charge in [-0.05, 0) is 23.8 Å². The van der Waals surface area contributed by atoms with Crippen LogP contribution in [0.2, 0.25) is 10.0 Å². The number of rotatable bonds is 2. The second-order valence-corrected chi connectivity index (χ2v) is 5.29. The van der Waals surface area contributed by atoms with E-state index in [1.54, 1.807) is 24.3 Å². The molecule has 0 spiro atoms. The summed E-state index contributed by atoms with van der Waals surface area (Å²) in [7, 11) is 1.37. The van der Waals surface area contributed by atoms with Gasteiger partial charge < -0.3 is 10.6 Å². The first-order chi connectivity index (χ1) is 10.5. The standard InChI is InChI=1S/C14H10Cl2N4O2/c1-22-20-12-8(6-18-14(17)19-12)4-9(13(20)21)7-2-3-10(15)11(16)5-7/h2-6H,1H3,(H2,17,18,19). The van der Waals surface area contributed by atoms with Crippen LogP contribution in [-0.2, 0) is 0 Å². The molecule has 0 atom stereocenters. The van der Waals surface area contributed by atoms with E-state index >= 15 is 0 Å². The summed E-state index contributed by atoms with van der Waals surface area (Å²) < 4.78 is 1.06. The summed E-state index contributed by atoms with van der Waals surface area (Å²) in [5, 5.41) is 1.38. The van der Waals surface area contributed by atoms with Crippen LogP contribution < -0.4 is 16.1 Å². The summed E-state index contributed by atoms with van der Waals surface area (Å²) in [6, 6.07) is 6.60. The SMILES string of the molecule is COn1c(=O)c(-c2ccc(Cl)c(Cl)c2)cc2cnc(N)nc21. The number of nitrogen functional groups attached to an aromatic ring is 1. The number of halogens is 2. The highest BCUT2D eigenvalue weighted by Gasteiger charge is 2.14. The fourth-order valence-electron chi connectivity index (χ4n) is 2.12. The van der Waals surface area contributed by atoms with Crippen molar-refractivity contribution >= 4 is 40.2 Å². The lowest BCUT2D eigenvalue weighted by Gasteiger charge is -2.11. The third kappa shape index (κ3) is 2.36. The molecular weight excluding hydrogens is 327 g/mol. The fourth-order valence-corrected chi connectivity index (χ4v) is 2.42. The van der Waals surface area contributed by atoms with E-state index in [0.717, 1.165) is 4.73 Å². The molecule has 2 heterocycles. The van der Waals surface area contributed by atoms with Gasteiger partial charge >= 0.3 is 0 Å². The molecule has 0 amide bonds. The van der Waals surface area contributed by atoms with Crippen LogP contribution >= 0.6 is 23.2 Å². The van der Waals surface area contributed by atoms with Crippen molar-refractivity contribution in [3.63, 3.8) is 0 Å². The maximum atomic E-state index is 12.6. The summed E-state index contributed by atoms with van der Waals surface area (Å²) in [6.07, 6.45) is 1.52. The molecule has 0 fully saturated rings. The van der Waals surface area contributed by atoms with Crippen LogP contribution in [0.4, 0.5) is 5.95 Å². The summed E-state index contributed by atoms with van der Waals surface area (Å²) in [5.41, 5.74) is 6.48. The molecule has 0 saturated carbocycles. The molecule has 2 aromatic heterocycles. The van der Waals surface area contributed by atoms with Gasteiger partial charge in [0.15, 0.2) is 5.65 Å². The zero-order chi connectivity index (χ0) is 15.9. The molecule has 0 saturated heterocycles. The van der Waals surface area contributed by atoms with Crippen molar-refractivity contribution in [3.8, 4) is 11.1 Å². The lowest BCUT2D eigenvalue weighted by atomic mass is 10.1. The minimum absolute atomic E-state index is 0.0555. The summed E-state index contributed by atoms with van der Waals surface area (Å²) in [5.74, 6) is 0.0555. The Morgan fingerprint density at radius 1 is 1.23 bits per heavy atom. The number of aromatic nitrogens is 3. The highest BCUT2D eigenvalue weighted by molar-refractivity contribution is 6.42. The Kier molecular flexibility index (Phi) is 3.64. The summed E-state index contributed by atoms with van der Waals surface area (Å²) in [4.78, 5) is 25.7. The molecule has 3 aromatic rings. The van der Waals surface area contributed by atoms with Crippen molar-refractivity contribution in [2.75, 3.05) is 12.8 Å². The van der Waals surface area contributed by atoms with Gasteiger partial charge in [0.05, 0.1) is 15.6 Å². The molecule has 0 radical (unpaired) electrons. The minimum Gasteiger partial charge on any atom is -0.412 e. The van der Waals surface area contributed by atoms with Gasteiger partial charge in [-0.25, -0.2) is 4.98 Å². The van der Waals surface area contributed by atoms with Gasteiger partial charge in [0.25, 0.3) is 5.56 Å². The third-order valence-corrected chi connectivity index (χ3v) is 3.87. The molecule has 0 unspecified atom stereocenters. The van der Waals surface area contributed by atoms with Crippen LogP contribution in [0.15, 0.2) is 35.3 Å². The Bertz CT molecular complexity index is 940.